The Labute approximate surface area is 418 Å². The van der Waals surface area contributed by atoms with E-state index in [-0.39, 0.29) is 62.8 Å². The van der Waals surface area contributed by atoms with Crippen LogP contribution in [0.2, 0.25) is 0 Å². The van der Waals surface area contributed by atoms with E-state index < -0.39 is 46.9 Å². The number of likely N-dealkylation sites (tertiary alicyclic amines) is 1. The van der Waals surface area contributed by atoms with E-state index in [9.17, 15) is 29.1 Å². The van der Waals surface area contributed by atoms with Gasteiger partial charge in [-0.25, -0.2) is 4.79 Å². The third kappa shape index (κ3) is 11.5. The van der Waals surface area contributed by atoms with Crippen LogP contribution in [-0.4, -0.2) is 143 Å². The summed E-state index contributed by atoms with van der Waals surface area (Å²) in [5.41, 5.74) is 8.38. The van der Waals surface area contributed by atoms with Crippen LogP contribution in [0.5, 0.6) is 0 Å². The smallest absolute Gasteiger partial charge is 0.355 e. The largest absolute Gasteiger partial charge is 0.462 e. The lowest BCUT2D eigenvalue weighted by atomic mass is 9.84. The van der Waals surface area contributed by atoms with Gasteiger partial charge in [-0.05, 0) is 112 Å². The molecular weight excluding hydrogens is 901 g/mol. The average molecular weight is 973 g/mol. The van der Waals surface area contributed by atoms with Crippen molar-refractivity contribution in [3.63, 3.8) is 0 Å². The lowest BCUT2D eigenvalue weighted by molar-refractivity contribution is -0.189. The fourth-order valence-electron chi connectivity index (χ4n) is 10.3. The molecule has 2 fully saturated rings. The van der Waals surface area contributed by atoms with E-state index in [2.05, 4.69) is 58.3 Å². The molecule has 0 unspecified atom stereocenters. The van der Waals surface area contributed by atoms with Crippen molar-refractivity contribution in [3.8, 4) is 34.2 Å². The molecule has 380 valence electrons. The van der Waals surface area contributed by atoms with Crippen LogP contribution in [0, 0.1) is 36.0 Å². The first kappa shape index (κ1) is 52.7. The van der Waals surface area contributed by atoms with Crippen LogP contribution in [0.25, 0.3) is 33.3 Å². The second-order valence-electron chi connectivity index (χ2n) is 21.0. The summed E-state index contributed by atoms with van der Waals surface area (Å²) in [6.45, 7) is 15.6. The van der Waals surface area contributed by atoms with Gasteiger partial charge in [-0.1, -0.05) is 63.9 Å². The summed E-state index contributed by atoms with van der Waals surface area (Å²) >= 11 is 0. The molecule has 16 nitrogen and oxygen atoms in total. The molecule has 0 radical (unpaired) electrons. The Balaban J connectivity index is 1.27. The number of methoxy groups -OCH3 is 1. The predicted octanol–water partition coefficient (Wildman–Crippen LogP) is 5.27. The maximum absolute atomic E-state index is 14.8. The summed E-state index contributed by atoms with van der Waals surface area (Å²) in [5, 5.41) is 17.2. The molecular formula is C55H72N8O8. The van der Waals surface area contributed by atoms with Gasteiger partial charge in [-0.2, -0.15) is 5.43 Å². The number of esters is 1. The number of nitrogens with one attached hydrogen (secondary N) is 2. The quantitative estimate of drug-likeness (QED) is 0.139. The Bertz CT molecular complexity index is 2740. The molecule has 2 saturated heterocycles. The number of cyclic esters (lactones) is 1. The van der Waals surface area contributed by atoms with Gasteiger partial charge >= 0.3 is 5.97 Å². The van der Waals surface area contributed by atoms with Gasteiger partial charge in [0.05, 0.1) is 36.6 Å². The third-order valence-corrected chi connectivity index (χ3v) is 14.0. The first-order valence-electron chi connectivity index (χ1n) is 24.9. The van der Waals surface area contributed by atoms with Crippen molar-refractivity contribution in [2.75, 3.05) is 61.0 Å². The fraction of sp³-hybridized carbons (Fsp3) is 0.527. The molecule has 3 N–H and O–H groups in total. The minimum Gasteiger partial charge on any atom is -0.462 e. The van der Waals surface area contributed by atoms with Crippen LogP contribution >= 0.6 is 0 Å². The van der Waals surface area contributed by atoms with E-state index in [1.807, 2.05) is 91.0 Å². The predicted molar refractivity (Wildman–Crippen MR) is 272 cm³/mol. The standard InChI is InChI=1S/C55H72N8O8/c1-12-62-45-20-19-39-29-41(45)43(49(62)42-26-35(4)31-56-47(42)36(5)70-11)30-54(6,7)33-71-53(68)55(69)22-15-24-63(58-55)52(67)44(28-37-16-13-17-38(39)27-37)57-50(65)48(34(2)3)60(10)51(66)40-21-25-61(32-40)46(64)18-14-23-59(8)9/h13,16-17,19-20,26-27,29,31,34,36,40,44,48,58,69H,12,15,21-25,28,30,32-33H2,1-11H3,(H,57,65)/t36-,40-,44-,48-,55-/m0/s1. The van der Waals surface area contributed by atoms with Crippen molar-refractivity contribution in [2.45, 2.75) is 111 Å². The highest BCUT2D eigenvalue weighted by Gasteiger charge is 2.46. The highest BCUT2D eigenvalue weighted by molar-refractivity contribution is 5.97. The number of nitrogens with zero attached hydrogens (tertiary/aromatic N) is 6. The zero-order chi connectivity index (χ0) is 51.5. The molecule has 71 heavy (non-hydrogen) atoms. The van der Waals surface area contributed by atoms with Gasteiger partial charge in [0.2, 0.25) is 17.5 Å². The van der Waals surface area contributed by atoms with Crippen molar-refractivity contribution in [2.24, 2.45) is 17.3 Å². The topological polar surface area (TPSA) is 179 Å². The monoisotopic (exact) mass is 973 g/mol. The highest BCUT2D eigenvalue weighted by atomic mass is 16.6. The van der Waals surface area contributed by atoms with Gasteiger partial charge in [0, 0.05) is 81.3 Å². The van der Waals surface area contributed by atoms with Crippen LogP contribution in [-0.2, 0) is 52.8 Å². The number of carbonyl (C=O) groups excluding carboxylic acids is 5. The van der Waals surface area contributed by atoms with Crippen molar-refractivity contribution < 1.29 is 38.6 Å². The molecule has 4 aromatic rings. The Morgan fingerprint density at radius 2 is 1.80 bits per heavy atom. The van der Waals surface area contributed by atoms with Crippen molar-refractivity contribution in [1.82, 2.24) is 40.0 Å². The highest BCUT2D eigenvalue weighted by Crippen LogP contribution is 2.42. The number of rotatable bonds is 10. The maximum atomic E-state index is 14.8. The van der Waals surface area contributed by atoms with Gasteiger partial charge in [0.25, 0.3) is 11.8 Å². The molecule has 0 saturated carbocycles. The number of hydrazine groups is 1. The average Bonchev–Trinajstić information content (AvgIpc) is 3.95. The number of aliphatic hydroxyl groups is 1. The fourth-order valence-corrected chi connectivity index (χ4v) is 10.3. The van der Waals surface area contributed by atoms with Gasteiger partial charge in [-0.3, -0.25) is 34.1 Å². The van der Waals surface area contributed by atoms with Gasteiger partial charge in [-0.15, -0.1) is 0 Å². The summed E-state index contributed by atoms with van der Waals surface area (Å²) in [5.74, 6) is 1.97. The lowest BCUT2D eigenvalue weighted by Gasteiger charge is -2.40. The number of pyridine rings is 1. The molecule has 3 aliphatic heterocycles. The van der Waals surface area contributed by atoms with E-state index in [0.29, 0.717) is 32.5 Å². The Morgan fingerprint density at radius 1 is 1.06 bits per heavy atom. The number of hydrogen-bond donors (Lipinski definition) is 3. The minimum atomic E-state index is -2.23. The summed E-state index contributed by atoms with van der Waals surface area (Å²) < 4.78 is 14.2. The molecule has 0 aliphatic carbocycles. The first-order valence-corrected chi connectivity index (χ1v) is 24.9. The molecule has 2 aromatic heterocycles. The van der Waals surface area contributed by atoms with Crippen LogP contribution in [0.3, 0.4) is 0 Å². The van der Waals surface area contributed by atoms with Gasteiger partial charge in [0.1, 0.15) is 12.1 Å². The number of hydrogen-bond acceptors (Lipinski definition) is 11. The molecule has 16 heteroatoms. The number of fused-ring (bicyclic) bond motifs is 6. The second-order valence-corrected chi connectivity index (χ2v) is 21.0. The van der Waals surface area contributed by atoms with E-state index >= 15 is 0 Å². The summed E-state index contributed by atoms with van der Waals surface area (Å²) in [4.78, 5) is 80.3. The number of aryl methyl sites for hydroxylation is 2. The SMILES string of the molecule is CCn1c(-c2cc(C)cnc2[C@H](C)OC)c2c3cc(ccc31)-c1cccc(c1)C[C@H](NC(=O)[C@H](C(C)C)N(C)C(=O)[C@H]1CCN(C(=O)C#CCN(C)C)C1)C(=O)N1CCC[C@@](O)(N1)C(=O)OCC(C)(C)C2. The number of amides is 4. The summed E-state index contributed by atoms with van der Waals surface area (Å²) in [7, 11) is 6.99. The Hall–Kier alpha value is -6.12. The number of aromatic nitrogens is 2. The van der Waals surface area contributed by atoms with Crippen LogP contribution in [0.1, 0.15) is 89.3 Å². The van der Waals surface area contributed by atoms with Crippen molar-refractivity contribution >= 4 is 40.5 Å². The van der Waals surface area contributed by atoms with Crippen molar-refractivity contribution in [1.29, 1.82) is 0 Å². The van der Waals surface area contributed by atoms with Crippen LogP contribution < -0.4 is 10.7 Å². The molecule has 0 spiro atoms. The lowest BCUT2D eigenvalue weighted by Crippen LogP contribution is -2.67. The molecule has 5 atom stereocenters. The van der Waals surface area contributed by atoms with E-state index in [1.165, 1.54) is 9.91 Å². The Kier molecular flexibility index (Phi) is 16.1. The molecule has 6 bridgehead atoms. The number of carbonyl (C=O) groups is 5. The number of benzene rings is 2. The maximum Gasteiger partial charge on any atom is 0.355 e. The van der Waals surface area contributed by atoms with Crippen LogP contribution in [0.4, 0.5) is 0 Å². The minimum absolute atomic E-state index is 0.0119. The summed E-state index contributed by atoms with van der Waals surface area (Å²) in [6, 6.07) is 14.3. The molecule has 2 aromatic carbocycles. The second kappa shape index (κ2) is 21.7. The molecule has 5 heterocycles. The third-order valence-electron chi connectivity index (χ3n) is 14.0. The Morgan fingerprint density at radius 3 is 2.51 bits per heavy atom. The van der Waals surface area contributed by atoms with Gasteiger partial charge < -0.3 is 34.3 Å². The normalized spacial score (nSPS) is 21.3. The molecule has 4 amide bonds. The van der Waals surface area contributed by atoms with E-state index in [1.54, 1.807) is 19.1 Å². The zero-order valence-electron chi connectivity index (χ0n) is 43.3. The molecule has 7 rings (SSSR count). The van der Waals surface area contributed by atoms with E-state index in [4.69, 9.17) is 14.5 Å². The van der Waals surface area contributed by atoms with Gasteiger partial charge in [0.15, 0.2) is 0 Å². The summed E-state index contributed by atoms with van der Waals surface area (Å²) in [6.07, 6.45) is 2.79. The zero-order valence-corrected chi connectivity index (χ0v) is 43.3. The van der Waals surface area contributed by atoms with Crippen molar-refractivity contribution in [3.05, 3.63) is 77.1 Å². The number of likely N-dealkylation sites (N-methyl/N-ethyl adjacent to an activating group) is 1. The van der Waals surface area contributed by atoms with E-state index in [0.717, 1.165) is 55.7 Å². The number of ether oxygens (including phenoxy) is 2. The first-order chi connectivity index (χ1) is 33.6. The van der Waals surface area contributed by atoms with Crippen LogP contribution in [0.15, 0.2) is 54.7 Å². The molecule has 3 aliphatic rings.